The standard InChI is InChI=1S/C25H28N2O4S/c1-18-10-15-24(19(2)16-18)20(3)26-25(28)17-27(21-11-13-22(31-4)14-12-21)32(29,30)23-8-6-5-7-9-23/h5-16,20H,17H2,1-4H3,(H,26,28)/t20-/m1/s1. The van der Waals surface area contributed by atoms with E-state index in [-0.39, 0.29) is 17.5 Å². The van der Waals surface area contributed by atoms with E-state index < -0.39 is 15.9 Å². The molecule has 0 saturated heterocycles. The van der Waals surface area contributed by atoms with Gasteiger partial charge in [-0.1, -0.05) is 42.0 Å². The fraction of sp³-hybridized carbons (Fsp3) is 0.240. The van der Waals surface area contributed by atoms with Crippen molar-refractivity contribution in [2.45, 2.75) is 31.7 Å². The second-order valence-electron chi connectivity index (χ2n) is 7.67. The highest BCUT2D eigenvalue weighted by Gasteiger charge is 2.27. The van der Waals surface area contributed by atoms with Crippen LogP contribution in [0.25, 0.3) is 0 Å². The number of amides is 1. The van der Waals surface area contributed by atoms with Gasteiger partial charge in [0.15, 0.2) is 0 Å². The molecule has 3 rings (SSSR count). The first-order chi connectivity index (χ1) is 15.2. The summed E-state index contributed by atoms with van der Waals surface area (Å²) in [5, 5.41) is 2.93. The number of nitrogens with one attached hydrogen (secondary N) is 1. The van der Waals surface area contributed by atoms with Crippen molar-refractivity contribution >= 4 is 21.6 Å². The fourth-order valence-corrected chi connectivity index (χ4v) is 5.03. The quantitative estimate of drug-likeness (QED) is 0.550. The maximum Gasteiger partial charge on any atom is 0.264 e. The Labute approximate surface area is 189 Å². The zero-order chi connectivity index (χ0) is 23.3. The second kappa shape index (κ2) is 9.87. The lowest BCUT2D eigenvalue weighted by Crippen LogP contribution is -2.41. The maximum atomic E-state index is 13.4. The van der Waals surface area contributed by atoms with Crippen molar-refractivity contribution < 1.29 is 17.9 Å². The van der Waals surface area contributed by atoms with Crippen LogP contribution in [-0.2, 0) is 14.8 Å². The molecule has 0 bridgehead atoms. The lowest BCUT2D eigenvalue weighted by atomic mass is 10.0. The van der Waals surface area contributed by atoms with Crippen molar-refractivity contribution in [1.29, 1.82) is 0 Å². The van der Waals surface area contributed by atoms with Crippen LogP contribution in [0.3, 0.4) is 0 Å². The average Bonchev–Trinajstić information content (AvgIpc) is 2.78. The van der Waals surface area contributed by atoms with E-state index in [0.717, 1.165) is 21.0 Å². The van der Waals surface area contributed by atoms with E-state index in [2.05, 4.69) is 11.4 Å². The molecule has 6 nitrogen and oxygen atoms in total. The molecule has 0 fully saturated rings. The zero-order valence-electron chi connectivity index (χ0n) is 18.7. The lowest BCUT2D eigenvalue weighted by molar-refractivity contribution is -0.120. The molecule has 3 aromatic rings. The van der Waals surface area contributed by atoms with Gasteiger partial charge in [0.05, 0.1) is 23.7 Å². The van der Waals surface area contributed by atoms with E-state index in [4.69, 9.17) is 4.74 Å². The smallest absolute Gasteiger partial charge is 0.264 e. The first-order valence-corrected chi connectivity index (χ1v) is 11.7. The van der Waals surface area contributed by atoms with Crippen molar-refractivity contribution in [3.8, 4) is 5.75 Å². The molecule has 3 aromatic carbocycles. The number of hydrogen-bond acceptors (Lipinski definition) is 4. The van der Waals surface area contributed by atoms with Crippen LogP contribution in [0.15, 0.2) is 77.7 Å². The van der Waals surface area contributed by atoms with Crippen molar-refractivity contribution in [3.63, 3.8) is 0 Å². The normalized spacial score (nSPS) is 12.1. The molecule has 7 heteroatoms. The number of nitrogens with zero attached hydrogens (tertiary/aromatic N) is 1. The Hall–Kier alpha value is -3.32. The number of anilines is 1. The SMILES string of the molecule is COc1ccc(N(CC(=O)N[C@H](C)c2ccc(C)cc2C)S(=O)(=O)c2ccccc2)cc1. The molecule has 0 heterocycles. The Kier molecular flexibility index (Phi) is 7.20. The number of sulfonamides is 1. The van der Waals surface area contributed by atoms with Crippen LogP contribution in [-0.4, -0.2) is 28.0 Å². The molecule has 0 radical (unpaired) electrons. The van der Waals surface area contributed by atoms with Crippen LogP contribution in [0.1, 0.15) is 29.7 Å². The van der Waals surface area contributed by atoms with E-state index in [9.17, 15) is 13.2 Å². The number of carbonyl (C=O) groups excluding carboxylic acids is 1. The molecule has 1 amide bonds. The fourth-order valence-electron chi connectivity index (χ4n) is 3.59. The molecular formula is C25H28N2O4S. The van der Waals surface area contributed by atoms with Gasteiger partial charge in [-0.25, -0.2) is 8.42 Å². The lowest BCUT2D eigenvalue weighted by Gasteiger charge is -2.25. The molecule has 0 saturated carbocycles. The third-order valence-corrected chi connectivity index (χ3v) is 7.04. The minimum absolute atomic E-state index is 0.117. The van der Waals surface area contributed by atoms with Gasteiger partial charge >= 0.3 is 0 Å². The number of carbonyl (C=O) groups is 1. The van der Waals surface area contributed by atoms with Crippen molar-refractivity contribution in [2.24, 2.45) is 0 Å². The molecule has 0 aliphatic heterocycles. The number of aryl methyl sites for hydroxylation is 2. The van der Waals surface area contributed by atoms with Crippen LogP contribution in [0, 0.1) is 13.8 Å². The van der Waals surface area contributed by atoms with Gasteiger partial charge < -0.3 is 10.1 Å². The molecule has 1 atom stereocenters. The molecule has 168 valence electrons. The summed E-state index contributed by atoms with van der Waals surface area (Å²) in [6.07, 6.45) is 0. The van der Waals surface area contributed by atoms with E-state index in [1.165, 1.54) is 19.2 Å². The molecule has 32 heavy (non-hydrogen) atoms. The van der Waals surface area contributed by atoms with E-state index >= 15 is 0 Å². The van der Waals surface area contributed by atoms with Gasteiger partial charge in [-0.15, -0.1) is 0 Å². The monoisotopic (exact) mass is 452 g/mol. The van der Waals surface area contributed by atoms with Gasteiger partial charge in [0.25, 0.3) is 10.0 Å². The summed E-state index contributed by atoms with van der Waals surface area (Å²) in [6.45, 7) is 5.55. The predicted octanol–water partition coefficient (Wildman–Crippen LogP) is 4.38. The topological polar surface area (TPSA) is 75.7 Å². The highest BCUT2D eigenvalue weighted by atomic mass is 32.2. The summed E-state index contributed by atoms with van der Waals surface area (Å²) in [4.78, 5) is 13.1. The van der Waals surface area contributed by atoms with E-state index in [1.807, 2.05) is 32.9 Å². The summed E-state index contributed by atoms with van der Waals surface area (Å²) >= 11 is 0. The number of rotatable bonds is 8. The van der Waals surface area contributed by atoms with Gasteiger partial charge in [0.2, 0.25) is 5.91 Å². The Morgan fingerprint density at radius 2 is 1.66 bits per heavy atom. The van der Waals surface area contributed by atoms with E-state index in [0.29, 0.717) is 11.4 Å². The van der Waals surface area contributed by atoms with Crippen LogP contribution in [0.4, 0.5) is 5.69 Å². The number of hydrogen-bond donors (Lipinski definition) is 1. The number of ether oxygens (including phenoxy) is 1. The van der Waals surface area contributed by atoms with Crippen LogP contribution >= 0.6 is 0 Å². The highest BCUT2D eigenvalue weighted by molar-refractivity contribution is 7.92. The highest BCUT2D eigenvalue weighted by Crippen LogP contribution is 2.26. The van der Waals surface area contributed by atoms with Crippen molar-refractivity contribution in [1.82, 2.24) is 5.32 Å². The molecule has 1 N–H and O–H groups in total. The van der Waals surface area contributed by atoms with Gasteiger partial charge in [0, 0.05) is 0 Å². The predicted molar refractivity (Wildman–Crippen MR) is 126 cm³/mol. The Morgan fingerprint density at radius 3 is 2.25 bits per heavy atom. The van der Waals surface area contributed by atoms with Gasteiger partial charge in [-0.05, 0) is 68.3 Å². The summed E-state index contributed by atoms with van der Waals surface area (Å²) in [6, 6.07) is 20.4. The minimum atomic E-state index is -3.95. The Bertz CT molecular complexity index is 1180. The largest absolute Gasteiger partial charge is 0.497 e. The third kappa shape index (κ3) is 5.29. The molecule has 0 unspecified atom stereocenters. The molecule has 0 aliphatic carbocycles. The number of methoxy groups -OCH3 is 1. The van der Waals surface area contributed by atoms with E-state index in [1.54, 1.807) is 42.5 Å². The first-order valence-electron chi connectivity index (χ1n) is 10.3. The average molecular weight is 453 g/mol. The zero-order valence-corrected chi connectivity index (χ0v) is 19.5. The second-order valence-corrected chi connectivity index (χ2v) is 9.53. The van der Waals surface area contributed by atoms with Crippen molar-refractivity contribution in [2.75, 3.05) is 18.0 Å². The minimum Gasteiger partial charge on any atom is -0.497 e. The molecule has 0 aromatic heterocycles. The van der Waals surface area contributed by atoms with Crippen LogP contribution in [0.2, 0.25) is 0 Å². The molecular weight excluding hydrogens is 424 g/mol. The third-order valence-electron chi connectivity index (χ3n) is 5.25. The first kappa shape index (κ1) is 23.3. The maximum absolute atomic E-state index is 13.4. The van der Waals surface area contributed by atoms with Gasteiger partial charge in [0.1, 0.15) is 12.3 Å². The molecule has 0 aliphatic rings. The van der Waals surface area contributed by atoms with Gasteiger partial charge in [-0.3, -0.25) is 9.10 Å². The Morgan fingerprint density at radius 1 is 1.00 bits per heavy atom. The number of benzene rings is 3. The summed E-state index contributed by atoms with van der Waals surface area (Å²) < 4.78 is 33.1. The Balaban J connectivity index is 1.88. The van der Waals surface area contributed by atoms with Crippen LogP contribution in [0.5, 0.6) is 5.75 Å². The van der Waals surface area contributed by atoms with Gasteiger partial charge in [-0.2, -0.15) is 0 Å². The summed E-state index contributed by atoms with van der Waals surface area (Å²) in [7, 11) is -2.41. The van der Waals surface area contributed by atoms with Crippen LogP contribution < -0.4 is 14.4 Å². The molecule has 0 spiro atoms. The van der Waals surface area contributed by atoms with Crippen molar-refractivity contribution in [3.05, 3.63) is 89.5 Å². The summed E-state index contributed by atoms with van der Waals surface area (Å²) in [5.74, 6) is 0.200. The summed E-state index contributed by atoms with van der Waals surface area (Å²) in [5.41, 5.74) is 3.58.